The first-order valence-corrected chi connectivity index (χ1v) is 8.36. The molecule has 2 aromatic rings. The number of piperazine rings is 1. The number of halogens is 2. The Bertz CT molecular complexity index is 858. The molecule has 8 nitrogen and oxygen atoms in total. The lowest BCUT2D eigenvalue weighted by Crippen LogP contribution is -2.52. The van der Waals surface area contributed by atoms with Crippen molar-refractivity contribution in [3.8, 4) is 0 Å². The largest absolute Gasteiger partial charge is 0.395 e. The van der Waals surface area contributed by atoms with Crippen molar-refractivity contribution in [1.82, 2.24) is 25.1 Å². The average Bonchev–Trinajstić information content (AvgIpc) is 3.21. The second-order valence-electron chi connectivity index (χ2n) is 6.11. The molecule has 4 heterocycles. The predicted molar refractivity (Wildman–Crippen MR) is 109 cm³/mol. The van der Waals surface area contributed by atoms with Gasteiger partial charge in [0.15, 0.2) is 0 Å². The van der Waals surface area contributed by atoms with Gasteiger partial charge < -0.3 is 15.0 Å². The van der Waals surface area contributed by atoms with Gasteiger partial charge in [0.2, 0.25) is 5.96 Å². The Labute approximate surface area is 169 Å². The van der Waals surface area contributed by atoms with Crippen LogP contribution in [0.3, 0.4) is 0 Å². The number of aliphatic hydroxyl groups excluding tert-OH is 1. The van der Waals surface area contributed by atoms with Crippen LogP contribution >= 0.6 is 24.8 Å². The number of nitrogens with zero attached hydrogens (tertiary/aromatic N) is 4. The Hall–Kier alpha value is -2.13. The summed E-state index contributed by atoms with van der Waals surface area (Å²) in [6.45, 7) is 4.12. The zero-order valence-electron chi connectivity index (χ0n) is 14.6. The molecule has 3 N–H and O–H groups in total. The Morgan fingerprint density at radius 3 is 2.74 bits per heavy atom. The van der Waals surface area contributed by atoms with Crippen molar-refractivity contribution in [3.63, 3.8) is 0 Å². The molecule has 2 aliphatic rings. The average molecular weight is 413 g/mol. The van der Waals surface area contributed by atoms with E-state index < -0.39 is 0 Å². The van der Waals surface area contributed by atoms with Crippen LogP contribution < -0.4 is 5.32 Å². The molecular weight excluding hydrogens is 391 g/mol. The first-order chi connectivity index (χ1) is 12.2. The number of nitrogens with one attached hydrogen (secondary N) is 2. The zero-order chi connectivity index (χ0) is 17.2. The summed E-state index contributed by atoms with van der Waals surface area (Å²) >= 11 is 0. The first kappa shape index (κ1) is 21.2. The topological polar surface area (TPSA) is 96.9 Å². The smallest absolute Gasteiger partial charge is 0.276 e. The van der Waals surface area contributed by atoms with Crippen LogP contribution in [0.1, 0.15) is 5.56 Å². The van der Waals surface area contributed by atoms with Crippen molar-refractivity contribution in [3.05, 3.63) is 35.8 Å². The maximum Gasteiger partial charge on any atom is 0.276 e. The molecule has 0 aromatic carbocycles. The van der Waals surface area contributed by atoms with Crippen LogP contribution in [-0.2, 0) is 4.79 Å². The SMILES string of the molecule is Cl.Cl.O=C1NC(N2CCN(CCO)CC2)=NC1=Cc1c[nH]c2ncccc12. The number of aliphatic hydroxyl groups is 1. The van der Waals surface area contributed by atoms with Gasteiger partial charge in [-0.3, -0.25) is 15.0 Å². The lowest BCUT2D eigenvalue weighted by molar-refractivity contribution is -0.115. The molecule has 0 atom stereocenters. The molecule has 1 amide bonds. The highest BCUT2D eigenvalue weighted by atomic mass is 35.5. The van der Waals surface area contributed by atoms with Gasteiger partial charge in [0.1, 0.15) is 11.3 Å². The number of hydrogen-bond acceptors (Lipinski definition) is 6. The highest BCUT2D eigenvalue weighted by molar-refractivity contribution is 6.14. The number of fused-ring (bicyclic) bond motifs is 1. The molecule has 0 bridgehead atoms. The highest BCUT2D eigenvalue weighted by Crippen LogP contribution is 2.20. The van der Waals surface area contributed by atoms with Crippen molar-refractivity contribution in [2.45, 2.75) is 0 Å². The van der Waals surface area contributed by atoms with Crippen LogP contribution in [0.5, 0.6) is 0 Å². The Balaban J connectivity index is 0.00000131. The third kappa shape index (κ3) is 4.41. The van der Waals surface area contributed by atoms with Gasteiger partial charge in [0, 0.05) is 56.1 Å². The van der Waals surface area contributed by atoms with Crippen molar-refractivity contribution in [1.29, 1.82) is 0 Å². The number of hydrogen-bond donors (Lipinski definition) is 3. The van der Waals surface area contributed by atoms with Crippen LogP contribution in [0.25, 0.3) is 17.1 Å². The molecule has 27 heavy (non-hydrogen) atoms. The second kappa shape index (κ2) is 9.18. The van der Waals surface area contributed by atoms with E-state index in [-0.39, 0.29) is 37.3 Å². The van der Waals surface area contributed by atoms with Gasteiger partial charge in [-0.15, -0.1) is 24.8 Å². The summed E-state index contributed by atoms with van der Waals surface area (Å²) in [7, 11) is 0. The van der Waals surface area contributed by atoms with Crippen molar-refractivity contribution in [2.24, 2.45) is 4.99 Å². The number of pyridine rings is 1. The van der Waals surface area contributed by atoms with Gasteiger partial charge in [-0.1, -0.05) is 0 Å². The van der Waals surface area contributed by atoms with Gasteiger partial charge in [-0.05, 0) is 18.2 Å². The number of carbonyl (C=O) groups is 1. The van der Waals surface area contributed by atoms with Crippen molar-refractivity contribution >= 4 is 53.8 Å². The Morgan fingerprint density at radius 2 is 2.00 bits per heavy atom. The van der Waals surface area contributed by atoms with Gasteiger partial charge in [-0.25, -0.2) is 9.98 Å². The van der Waals surface area contributed by atoms with E-state index in [0.29, 0.717) is 18.2 Å². The van der Waals surface area contributed by atoms with E-state index in [2.05, 4.69) is 30.1 Å². The van der Waals surface area contributed by atoms with Gasteiger partial charge in [-0.2, -0.15) is 0 Å². The van der Waals surface area contributed by atoms with Gasteiger partial charge >= 0.3 is 0 Å². The van der Waals surface area contributed by atoms with Gasteiger partial charge in [0.05, 0.1) is 6.61 Å². The predicted octanol–water partition coefficient (Wildman–Crippen LogP) is 0.843. The number of carbonyl (C=O) groups excluding carboxylic acids is 1. The third-order valence-electron chi connectivity index (χ3n) is 4.55. The minimum atomic E-state index is -0.189. The number of amides is 1. The fourth-order valence-corrected chi connectivity index (χ4v) is 3.17. The molecule has 4 rings (SSSR count). The summed E-state index contributed by atoms with van der Waals surface area (Å²) in [5, 5.41) is 12.8. The zero-order valence-corrected chi connectivity index (χ0v) is 16.2. The van der Waals surface area contributed by atoms with Crippen LogP contribution in [0.4, 0.5) is 0 Å². The van der Waals surface area contributed by atoms with Crippen LogP contribution in [0.15, 0.2) is 35.2 Å². The number of guanidine groups is 1. The van der Waals surface area contributed by atoms with Crippen LogP contribution in [0, 0.1) is 0 Å². The summed E-state index contributed by atoms with van der Waals surface area (Å²) in [4.78, 5) is 28.4. The molecule has 0 spiro atoms. The second-order valence-corrected chi connectivity index (χ2v) is 6.11. The summed E-state index contributed by atoms with van der Waals surface area (Å²) in [5.74, 6) is 0.420. The normalized spacial score (nSPS) is 18.9. The summed E-state index contributed by atoms with van der Waals surface area (Å²) < 4.78 is 0. The molecule has 10 heteroatoms. The number of aromatic nitrogens is 2. The maximum atomic E-state index is 12.3. The van der Waals surface area contributed by atoms with E-state index in [1.165, 1.54) is 0 Å². The fourth-order valence-electron chi connectivity index (χ4n) is 3.17. The standard InChI is InChI=1S/C17H20N6O2.2ClH/c24-9-8-22-4-6-23(7-5-22)17-20-14(16(25)21-17)10-12-11-19-15-13(12)2-1-3-18-15;;/h1-3,10-11,24H,4-9H2,(H,18,19)(H,20,21,25);2*1H. The molecule has 0 aliphatic carbocycles. The maximum absolute atomic E-state index is 12.3. The molecular formula is C17H22Cl2N6O2. The minimum Gasteiger partial charge on any atom is -0.395 e. The quantitative estimate of drug-likeness (QED) is 0.649. The Kier molecular flexibility index (Phi) is 7.20. The molecule has 2 aromatic heterocycles. The summed E-state index contributed by atoms with van der Waals surface area (Å²) in [5.41, 5.74) is 2.08. The summed E-state index contributed by atoms with van der Waals surface area (Å²) in [6, 6.07) is 3.83. The molecule has 146 valence electrons. The lowest BCUT2D eigenvalue weighted by Gasteiger charge is -2.34. The lowest BCUT2D eigenvalue weighted by atomic mass is 10.2. The van der Waals surface area contributed by atoms with E-state index >= 15 is 0 Å². The van der Waals surface area contributed by atoms with E-state index in [0.717, 1.165) is 42.8 Å². The molecule has 1 saturated heterocycles. The van der Waals surface area contributed by atoms with E-state index in [1.807, 2.05) is 18.3 Å². The number of aromatic amines is 1. The molecule has 1 fully saturated rings. The molecule has 0 unspecified atom stereocenters. The molecule has 0 saturated carbocycles. The first-order valence-electron chi connectivity index (χ1n) is 8.36. The number of β-amino-alcohol motifs (C(OH)–C–C–N with tert-alkyl or cyclic N) is 1. The van der Waals surface area contributed by atoms with Gasteiger partial charge in [0.25, 0.3) is 5.91 Å². The Morgan fingerprint density at radius 1 is 1.22 bits per heavy atom. The van der Waals surface area contributed by atoms with Crippen molar-refractivity contribution < 1.29 is 9.90 Å². The van der Waals surface area contributed by atoms with Crippen LogP contribution in [0.2, 0.25) is 0 Å². The van der Waals surface area contributed by atoms with E-state index in [9.17, 15) is 4.79 Å². The highest BCUT2D eigenvalue weighted by Gasteiger charge is 2.27. The number of rotatable bonds is 3. The molecule has 0 radical (unpaired) electrons. The monoisotopic (exact) mass is 412 g/mol. The van der Waals surface area contributed by atoms with E-state index in [1.54, 1.807) is 12.3 Å². The van der Waals surface area contributed by atoms with Crippen LogP contribution in [-0.4, -0.2) is 76.1 Å². The number of aliphatic imine (C=N–C) groups is 1. The molecule has 2 aliphatic heterocycles. The number of H-pyrrole nitrogens is 1. The fraction of sp³-hybridized carbons (Fsp3) is 0.353. The van der Waals surface area contributed by atoms with Crippen molar-refractivity contribution in [2.75, 3.05) is 39.3 Å². The minimum absolute atomic E-state index is 0. The van der Waals surface area contributed by atoms with E-state index in [4.69, 9.17) is 5.11 Å². The third-order valence-corrected chi connectivity index (χ3v) is 4.55. The summed E-state index contributed by atoms with van der Waals surface area (Å²) in [6.07, 6.45) is 5.34.